The van der Waals surface area contributed by atoms with Gasteiger partial charge in [-0.3, -0.25) is 4.99 Å². The first-order valence-corrected chi connectivity index (χ1v) is 9.78. The van der Waals surface area contributed by atoms with Gasteiger partial charge in [0.1, 0.15) is 0 Å². The highest BCUT2D eigenvalue weighted by molar-refractivity contribution is 14.0. The number of methoxy groups -OCH3 is 2. The third-order valence-corrected chi connectivity index (χ3v) is 5.02. The Kier molecular flexibility index (Phi) is 11.2. The molecule has 0 amide bonds. The van der Waals surface area contributed by atoms with E-state index in [0.29, 0.717) is 0 Å². The van der Waals surface area contributed by atoms with Gasteiger partial charge >= 0.3 is 0 Å². The van der Waals surface area contributed by atoms with Gasteiger partial charge in [-0.1, -0.05) is 12.1 Å². The minimum absolute atomic E-state index is 0. The van der Waals surface area contributed by atoms with Gasteiger partial charge in [0.15, 0.2) is 17.5 Å². The first-order chi connectivity index (χ1) is 12.7. The van der Waals surface area contributed by atoms with Crippen LogP contribution >= 0.6 is 35.3 Å². The molecule has 0 unspecified atom stereocenters. The van der Waals surface area contributed by atoms with E-state index < -0.39 is 0 Å². The second-order valence-corrected chi connectivity index (χ2v) is 6.96. The summed E-state index contributed by atoms with van der Waals surface area (Å²) in [5.74, 6) is 2.46. The Morgan fingerprint density at radius 3 is 2.56 bits per heavy atom. The maximum absolute atomic E-state index is 5.37. The zero-order valence-corrected chi connectivity index (χ0v) is 19.7. The second kappa shape index (κ2) is 12.8. The SMILES string of the molecule is CCNC(=NCCc1ccc(OC)c(OC)c1)N(C)CCc1cccs1.I. The van der Waals surface area contributed by atoms with Crippen molar-refractivity contribution in [1.82, 2.24) is 10.2 Å². The number of guanidine groups is 1. The summed E-state index contributed by atoms with van der Waals surface area (Å²) in [5, 5.41) is 5.50. The maximum Gasteiger partial charge on any atom is 0.193 e. The van der Waals surface area contributed by atoms with E-state index in [1.54, 1.807) is 25.6 Å². The standard InChI is InChI=1S/C20H29N3O2S.HI/c1-5-21-20(23(2)13-11-17-7-6-14-26-17)22-12-10-16-8-9-18(24-3)19(15-16)25-4;/h6-9,14-15H,5,10-13H2,1-4H3,(H,21,22);1H. The summed E-state index contributed by atoms with van der Waals surface area (Å²) in [4.78, 5) is 8.36. The fraction of sp³-hybridized carbons (Fsp3) is 0.450. The summed E-state index contributed by atoms with van der Waals surface area (Å²) in [7, 11) is 5.40. The van der Waals surface area contributed by atoms with Crippen LogP contribution in [0.1, 0.15) is 17.4 Å². The van der Waals surface area contributed by atoms with Crippen molar-refractivity contribution in [2.24, 2.45) is 4.99 Å². The molecule has 0 aliphatic rings. The third-order valence-electron chi connectivity index (χ3n) is 4.08. The number of thiophene rings is 1. The van der Waals surface area contributed by atoms with Gasteiger partial charge in [-0.05, 0) is 48.9 Å². The molecule has 0 radical (unpaired) electrons. The maximum atomic E-state index is 5.37. The topological polar surface area (TPSA) is 46.1 Å². The summed E-state index contributed by atoms with van der Waals surface area (Å²) < 4.78 is 10.7. The van der Waals surface area contributed by atoms with E-state index in [4.69, 9.17) is 14.5 Å². The molecule has 0 saturated carbocycles. The Bertz CT molecular complexity index is 693. The quantitative estimate of drug-likeness (QED) is 0.319. The van der Waals surface area contributed by atoms with Crippen LogP contribution in [0, 0.1) is 0 Å². The van der Waals surface area contributed by atoms with E-state index in [2.05, 4.69) is 47.8 Å². The van der Waals surface area contributed by atoms with Crippen LogP contribution in [0.2, 0.25) is 0 Å². The second-order valence-electron chi connectivity index (χ2n) is 5.93. The summed E-state index contributed by atoms with van der Waals surface area (Å²) >= 11 is 1.80. The normalized spacial score (nSPS) is 10.9. The lowest BCUT2D eigenvalue weighted by atomic mass is 10.1. The van der Waals surface area contributed by atoms with Crippen molar-refractivity contribution in [3.05, 3.63) is 46.2 Å². The zero-order chi connectivity index (χ0) is 18.8. The van der Waals surface area contributed by atoms with E-state index in [9.17, 15) is 0 Å². The van der Waals surface area contributed by atoms with Crippen molar-refractivity contribution in [3.63, 3.8) is 0 Å². The molecule has 0 spiro atoms. The monoisotopic (exact) mass is 503 g/mol. The lowest BCUT2D eigenvalue weighted by Crippen LogP contribution is -2.40. The molecule has 5 nitrogen and oxygen atoms in total. The smallest absolute Gasteiger partial charge is 0.193 e. The summed E-state index contributed by atoms with van der Waals surface area (Å²) in [5.41, 5.74) is 1.18. The molecule has 1 aromatic carbocycles. The third kappa shape index (κ3) is 7.57. The molecule has 1 aromatic heterocycles. The number of nitrogens with zero attached hydrogens (tertiary/aromatic N) is 2. The predicted molar refractivity (Wildman–Crippen MR) is 125 cm³/mol. The van der Waals surface area contributed by atoms with Crippen LogP contribution in [-0.2, 0) is 12.8 Å². The average molecular weight is 503 g/mol. The summed E-state index contributed by atoms with van der Waals surface area (Å²) in [6.07, 6.45) is 1.89. The molecule has 1 heterocycles. The van der Waals surface area contributed by atoms with Gasteiger partial charge in [-0.25, -0.2) is 0 Å². The molecular weight excluding hydrogens is 473 g/mol. The number of nitrogens with one attached hydrogen (secondary N) is 1. The number of likely N-dealkylation sites (N-methyl/N-ethyl adjacent to an activating group) is 1. The molecule has 27 heavy (non-hydrogen) atoms. The van der Waals surface area contributed by atoms with Crippen molar-refractivity contribution >= 4 is 41.3 Å². The molecule has 2 rings (SSSR count). The Morgan fingerprint density at radius 1 is 1.15 bits per heavy atom. The van der Waals surface area contributed by atoms with E-state index in [1.165, 1.54) is 10.4 Å². The molecule has 0 atom stereocenters. The molecule has 0 aliphatic carbocycles. The Morgan fingerprint density at radius 2 is 1.93 bits per heavy atom. The van der Waals surface area contributed by atoms with Gasteiger partial charge in [0.25, 0.3) is 0 Å². The van der Waals surface area contributed by atoms with Crippen molar-refractivity contribution in [2.45, 2.75) is 19.8 Å². The number of rotatable bonds is 9. The van der Waals surface area contributed by atoms with Crippen LogP contribution in [0.5, 0.6) is 11.5 Å². The number of halogens is 1. The molecule has 1 N–H and O–H groups in total. The van der Waals surface area contributed by atoms with Crippen molar-refractivity contribution in [3.8, 4) is 11.5 Å². The molecule has 0 fully saturated rings. The van der Waals surface area contributed by atoms with E-state index in [1.807, 2.05) is 12.1 Å². The van der Waals surface area contributed by atoms with Gasteiger partial charge < -0.3 is 19.7 Å². The minimum Gasteiger partial charge on any atom is -0.493 e. The van der Waals surface area contributed by atoms with Crippen molar-refractivity contribution < 1.29 is 9.47 Å². The number of hydrogen-bond acceptors (Lipinski definition) is 4. The average Bonchev–Trinajstić information content (AvgIpc) is 3.18. The highest BCUT2D eigenvalue weighted by atomic mass is 127. The van der Waals surface area contributed by atoms with Crippen molar-refractivity contribution in [1.29, 1.82) is 0 Å². The van der Waals surface area contributed by atoms with Crippen LogP contribution in [0.25, 0.3) is 0 Å². The number of aliphatic imine (C=N–C) groups is 1. The molecule has 2 aromatic rings. The van der Waals surface area contributed by atoms with E-state index in [0.717, 1.165) is 49.9 Å². The molecule has 0 saturated heterocycles. The van der Waals surface area contributed by atoms with Crippen LogP contribution in [0.4, 0.5) is 0 Å². The van der Waals surface area contributed by atoms with E-state index >= 15 is 0 Å². The minimum atomic E-state index is 0. The van der Waals surface area contributed by atoms with Gasteiger partial charge in [0.2, 0.25) is 0 Å². The molecule has 150 valence electrons. The van der Waals surface area contributed by atoms with E-state index in [-0.39, 0.29) is 24.0 Å². The number of benzene rings is 1. The Balaban J connectivity index is 0.00000364. The lowest BCUT2D eigenvalue weighted by Gasteiger charge is -2.21. The highest BCUT2D eigenvalue weighted by Gasteiger charge is 2.07. The van der Waals surface area contributed by atoms with Crippen LogP contribution < -0.4 is 14.8 Å². The lowest BCUT2D eigenvalue weighted by molar-refractivity contribution is 0.354. The van der Waals surface area contributed by atoms with Crippen LogP contribution in [0.15, 0.2) is 40.7 Å². The van der Waals surface area contributed by atoms with Gasteiger partial charge in [0, 0.05) is 31.6 Å². The molecular formula is C20H30IN3O2S. The van der Waals surface area contributed by atoms with Crippen molar-refractivity contribution in [2.75, 3.05) is 40.9 Å². The number of hydrogen-bond donors (Lipinski definition) is 1. The molecule has 0 bridgehead atoms. The largest absolute Gasteiger partial charge is 0.493 e. The fourth-order valence-electron chi connectivity index (χ4n) is 2.64. The van der Waals surface area contributed by atoms with Crippen LogP contribution in [-0.4, -0.2) is 51.8 Å². The predicted octanol–water partition coefficient (Wildman–Crippen LogP) is 4.07. The van der Waals surface area contributed by atoms with Gasteiger partial charge in [-0.2, -0.15) is 0 Å². The van der Waals surface area contributed by atoms with Gasteiger partial charge in [0.05, 0.1) is 14.2 Å². The zero-order valence-electron chi connectivity index (χ0n) is 16.5. The molecule has 7 heteroatoms. The fourth-order valence-corrected chi connectivity index (χ4v) is 3.33. The first kappa shape index (κ1) is 23.6. The first-order valence-electron chi connectivity index (χ1n) is 8.90. The summed E-state index contributed by atoms with van der Waals surface area (Å²) in [6, 6.07) is 10.3. The Hall–Kier alpha value is -1.48. The highest BCUT2D eigenvalue weighted by Crippen LogP contribution is 2.27. The number of ether oxygens (including phenoxy) is 2. The van der Waals surface area contributed by atoms with Crippen LogP contribution in [0.3, 0.4) is 0 Å². The Labute approximate surface area is 183 Å². The van der Waals surface area contributed by atoms with Gasteiger partial charge in [-0.15, -0.1) is 35.3 Å². The molecule has 0 aliphatic heterocycles. The summed E-state index contributed by atoms with van der Waals surface area (Å²) in [6.45, 7) is 4.62.